The standard InChI is InChI=1S/C31H34N4O5S2/c1-6-25(41-22-12-8-10-20(16-22)33-27(36)19-9-7-11-21(15-19)39-5)28(37)34-29-24(17-32)23-13-14-35(18-26(23)42-29)30(38)40-31(2,3)4/h7-12,15-16,25H,6,13-14,18H2,1-5H3,(H,33,36)(H,34,37). The molecule has 0 fully saturated rings. The Morgan fingerprint density at radius 2 is 1.90 bits per heavy atom. The van der Waals surface area contributed by atoms with Gasteiger partial charge in [0.2, 0.25) is 5.91 Å². The summed E-state index contributed by atoms with van der Waals surface area (Å²) in [7, 11) is 1.55. The lowest BCUT2D eigenvalue weighted by Gasteiger charge is -2.29. The summed E-state index contributed by atoms with van der Waals surface area (Å²) in [5.41, 5.74) is 1.80. The first-order valence-corrected chi connectivity index (χ1v) is 15.3. The van der Waals surface area contributed by atoms with Crippen molar-refractivity contribution in [3.05, 3.63) is 70.1 Å². The Morgan fingerprint density at radius 3 is 2.60 bits per heavy atom. The van der Waals surface area contributed by atoms with Crippen molar-refractivity contribution in [2.24, 2.45) is 0 Å². The van der Waals surface area contributed by atoms with E-state index in [1.807, 2.05) is 45.9 Å². The topological polar surface area (TPSA) is 121 Å². The lowest BCUT2D eigenvalue weighted by Crippen LogP contribution is -2.39. The molecule has 1 aromatic heterocycles. The molecule has 1 aliphatic heterocycles. The number of thioether (sulfide) groups is 1. The van der Waals surface area contributed by atoms with E-state index in [0.29, 0.717) is 53.5 Å². The van der Waals surface area contributed by atoms with Gasteiger partial charge in [-0.2, -0.15) is 5.26 Å². The van der Waals surface area contributed by atoms with Crippen molar-refractivity contribution in [3.8, 4) is 11.8 Å². The van der Waals surface area contributed by atoms with Crippen LogP contribution < -0.4 is 15.4 Å². The third kappa shape index (κ3) is 7.63. The molecule has 2 N–H and O–H groups in total. The van der Waals surface area contributed by atoms with E-state index < -0.39 is 16.9 Å². The summed E-state index contributed by atoms with van der Waals surface area (Å²) in [5.74, 6) is 0.111. The van der Waals surface area contributed by atoms with E-state index in [1.54, 1.807) is 42.3 Å². The van der Waals surface area contributed by atoms with E-state index >= 15 is 0 Å². The Balaban J connectivity index is 1.43. The number of amides is 3. The zero-order valence-corrected chi connectivity index (χ0v) is 25.9. The molecule has 2 aromatic carbocycles. The van der Waals surface area contributed by atoms with Gasteiger partial charge in [0, 0.05) is 27.6 Å². The molecule has 3 amide bonds. The molecule has 42 heavy (non-hydrogen) atoms. The normalized spacial score (nSPS) is 13.4. The van der Waals surface area contributed by atoms with Crippen LogP contribution >= 0.6 is 23.1 Å². The van der Waals surface area contributed by atoms with E-state index in [4.69, 9.17) is 9.47 Å². The highest BCUT2D eigenvalue weighted by Gasteiger charge is 2.31. The van der Waals surface area contributed by atoms with Gasteiger partial charge < -0.3 is 25.0 Å². The number of ether oxygens (including phenoxy) is 2. The molecule has 0 saturated carbocycles. The number of hydrogen-bond donors (Lipinski definition) is 2. The van der Waals surface area contributed by atoms with Crippen molar-refractivity contribution in [1.82, 2.24) is 4.90 Å². The molecule has 0 bridgehead atoms. The summed E-state index contributed by atoms with van der Waals surface area (Å²) in [6.07, 6.45) is 0.676. The smallest absolute Gasteiger partial charge is 0.410 e. The van der Waals surface area contributed by atoms with Gasteiger partial charge in [-0.05, 0) is 75.6 Å². The lowest BCUT2D eigenvalue weighted by atomic mass is 10.0. The van der Waals surface area contributed by atoms with E-state index in [9.17, 15) is 19.6 Å². The maximum atomic E-state index is 13.4. The van der Waals surface area contributed by atoms with Gasteiger partial charge >= 0.3 is 6.09 Å². The van der Waals surface area contributed by atoms with Gasteiger partial charge in [0.1, 0.15) is 22.4 Å². The van der Waals surface area contributed by atoms with Crippen LogP contribution in [0.4, 0.5) is 15.5 Å². The van der Waals surface area contributed by atoms with E-state index in [1.165, 1.54) is 23.1 Å². The van der Waals surface area contributed by atoms with Crippen molar-refractivity contribution >= 4 is 51.7 Å². The quantitative estimate of drug-likeness (QED) is 0.274. The fraction of sp³-hybridized carbons (Fsp3) is 0.355. The summed E-state index contributed by atoms with van der Waals surface area (Å²) in [4.78, 5) is 42.0. The number of thiophene rings is 1. The Labute approximate surface area is 254 Å². The molecule has 1 unspecified atom stereocenters. The molecule has 220 valence electrons. The number of carbonyl (C=O) groups is 3. The third-order valence-electron chi connectivity index (χ3n) is 6.42. The van der Waals surface area contributed by atoms with Crippen LogP contribution in [-0.2, 0) is 22.5 Å². The van der Waals surface area contributed by atoms with Crippen LogP contribution in [0.1, 0.15) is 60.5 Å². The van der Waals surface area contributed by atoms with Gasteiger partial charge in [0.25, 0.3) is 5.91 Å². The van der Waals surface area contributed by atoms with E-state index in [0.717, 1.165) is 15.3 Å². The zero-order valence-electron chi connectivity index (χ0n) is 24.3. The molecule has 0 spiro atoms. The molecule has 0 saturated heterocycles. The van der Waals surface area contributed by atoms with E-state index in [2.05, 4.69) is 16.7 Å². The minimum atomic E-state index is -0.599. The van der Waals surface area contributed by atoms with Gasteiger partial charge in [-0.25, -0.2) is 4.79 Å². The highest BCUT2D eigenvalue weighted by molar-refractivity contribution is 8.00. The van der Waals surface area contributed by atoms with Gasteiger partial charge in [0.05, 0.1) is 24.5 Å². The second kappa shape index (κ2) is 13.3. The van der Waals surface area contributed by atoms with Gasteiger partial charge in [0.15, 0.2) is 0 Å². The molecule has 0 radical (unpaired) electrons. The van der Waals surface area contributed by atoms with Crippen LogP contribution in [0.25, 0.3) is 0 Å². The molecule has 9 nitrogen and oxygen atoms in total. The molecule has 2 heterocycles. The number of nitriles is 1. The number of anilines is 2. The predicted molar refractivity (Wildman–Crippen MR) is 165 cm³/mol. The number of nitrogens with zero attached hydrogens (tertiary/aromatic N) is 2. The molecule has 1 atom stereocenters. The maximum absolute atomic E-state index is 13.4. The molecule has 11 heteroatoms. The second-order valence-corrected chi connectivity index (χ2v) is 13.1. The van der Waals surface area contributed by atoms with Gasteiger partial charge in [-0.15, -0.1) is 23.1 Å². The number of methoxy groups -OCH3 is 1. The van der Waals surface area contributed by atoms with Crippen LogP contribution in [0.3, 0.4) is 0 Å². The summed E-state index contributed by atoms with van der Waals surface area (Å²) in [5, 5.41) is 15.8. The number of benzene rings is 2. The Morgan fingerprint density at radius 1 is 1.14 bits per heavy atom. The molecular weight excluding hydrogens is 572 g/mol. The van der Waals surface area contributed by atoms with Crippen molar-refractivity contribution in [2.75, 3.05) is 24.3 Å². The highest BCUT2D eigenvalue weighted by atomic mass is 32.2. The van der Waals surface area contributed by atoms with Crippen molar-refractivity contribution < 1.29 is 23.9 Å². The summed E-state index contributed by atoms with van der Waals surface area (Å²) < 4.78 is 10.7. The Hall–Kier alpha value is -4.01. The fourth-order valence-electron chi connectivity index (χ4n) is 4.39. The minimum absolute atomic E-state index is 0.215. The maximum Gasteiger partial charge on any atom is 0.410 e. The molecule has 1 aliphatic rings. The molecule has 3 aromatic rings. The third-order valence-corrected chi connectivity index (χ3v) is 8.91. The van der Waals surface area contributed by atoms with Crippen LogP contribution in [0.15, 0.2) is 53.4 Å². The SMILES string of the molecule is CCC(Sc1cccc(NC(=O)c2cccc(OC)c2)c1)C(=O)Nc1sc2c(c1C#N)CCN(C(=O)OC(C)(C)C)C2. The zero-order chi connectivity index (χ0) is 30.4. The first-order valence-electron chi connectivity index (χ1n) is 13.6. The monoisotopic (exact) mass is 606 g/mol. The Bertz CT molecular complexity index is 1520. The lowest BCUT2D eigenvalue weighted by molar-refractivity contribution is -0.115. The number of nitrogens with one attached hydrogen (secondary N) is 2. The minimum Gasteiger partial charge on any atom is -0.497 e. The predicted octanol–water partition coefficient (Wildman–Crippen LogP) is 6.68. The number of rotatable bonds is 8. The van der Waals surface area contributed by atoms with E-state index in [-0.39, 0.29) is 11.8 Å². The van der Waals surface area contributed by atoms with Gasteiger partial charge in [-0.1, -0.05) is 19.1 Å². The molecule has 0 aliphatic carbocycles. The largest absolute Gasteiger partial charge is 0.497 e. The fourth-order valence-corrected chi connectivity index (χ4v) is 6.62. The number of carbonyl (C=O) groups excluding carboxylic acids is 3. The van der Waals surface area contributed by atoms with Crippen LogP contribution in [0, 0.1) is 11.3 Å². The summed E-state index contributed by atoms with van der Waals surface area (Å²) in [6, 6.07) is 16.5. The number of fused-ring (bicyclic) bond motifs is 1. The summed E-state index contributed by atoms with van der Waals surface area (Å²) in [6.45, 7) is 8.17. The number of hydrogen-bond acceptors (Lipinski definition) is 8. The van der Waals surface area contributed by atoms with Crippen molar-refractivity contribution in [1.29, 1.82) is 5.26 Å². The van der Waals surface area contributed by atoms with Crippen LogP contribution in [0.5, 0.6) is 5.75 Å². The van der Waals surface area contributed by atoms with Crippen LogP contribution in [0.2, 0.25) is 0 Å². The second-order valence-electron chi connectivity index (χ2n) is 10.7. The average Bonchev–Trinajstić information content (AvgIpc) is 3.31. The average molecular weight is 607 g/mol. The van der Waals surface area contributed by atoms with Crippen molar-refractivity contribution in [2.45, 2.75) is 62.8 Å². The van der Waals surface area contributed by atoms with Gasteiger partial charge in [-0.3, -0.25) is 9.59 Å². The highest BCUT2D eigenvalue weighted by Crippen LogP contribution is 2.38. The first kappa shape index (κ1) is 30.9. The molecule has 4 rings (SSSR count). The Kier molecular flexibility index (Phi) is 9.81. The first-order chi connectivity index (χ1) is 20.0. The molecular formula is C31H34N4O5S2. The van der Waals surface area contributed by atoms with Crippen LogP contribution in [-0.4, -0.2) is 47.3 Å². The summed E-state index contributed by atoms with van der Waals surface area (Å²) >= 11 is 2.71. The van der Waals surface area contributed by atoms with Crippen molar-refractivity contribution in [3.63, 3.8) is 0 Å².